The Bertz CT molecular complexity index is 748. The monoisotopic (exact) mass is 345 g/mol. The molecule has 0 unspecified atom stereocenters. The number of hydrogen-bond donors (Lipinski definition) is 0. The first-order valence-electron chi connectivity index (χ1n) is 8.11. The minimum absolute atomic E-state index is 0.144. The molecule has 0 atom stereocenters. The molecular weight excluding hydrogens is 318 g/mol. The van der Waals surface area contributed by atoms with Crippen molar-refractivity contribution in [3.63, 3.8) is 0 Å². The molecule has 2 aromatic rings. The summed E-state index contributed by atoms with van der Waals surface area (Å²) >= 11 is 0. The van der Waals surface area contributed by atoms with Crippen LogP contribution in [0.15, 0.2) is 36.4 Å². The number of ether oxygens (including phenoxy) is 1. The third-order valence-corrected chi connectivity index (χ3v) is 8.89. The quantitative estimate of drug-likeness (QED) is 0.710. The van der Waals surface area contributed by atoms with E-state index in [-0.39, 0.29) is 11.1 Å². The van der Waals surface area contributed by atoms with Crippen LogP contribution in [0.25, 0.3) is 10.8 Å². The summed E-state index contributed by atoms with van der Waals surface area (Å²) in [6.07, 6.45) is -0.386. The molecule has 4 nitrogen and oxygen atoms in total. The molecule has 0 N–H and O–H groups in total. The van der Waals surface area contributed by atoms with Crippen molar-refractivity contribution >= 4 is 25.2 Å². The molecule has 0 saturated heterocycles. The van der Waals surface area contributed by atoms with Crippen LogP contribution >= 0.6 is 0 Å². The van der Waals surface area contributed by atoms with Crippen LogP contribution in [-0.4, -0.2) is 33.4 Å². The first kappa shape index (κ1) is 18.3. The number of carbonyl (C=O) groups excluding carboxylic acids is 1. The lowest BCUT2D eigenvalue weighted by molar-refractivity contribution is 0.172. The minimum atomic E-state index is -1.88. The zero-order valence-electron chi connectivity index (χ0n) is 15.6. The molecule has 0 aliphatic heterocycles. The molecule has 130 valence electrons. The molecule has 0 radical (unpaired) electrons. The summed E-state index contributed by atoms with van der Waals surface area (Å²) < 4.78 is 11.7. The van der Waals surface area contributed by atoms with E-state index in [1.807, 2.05) is 30.3 Å². The summed E-state index contributed by atoms with van der Waals surface area (Å²) in [6, 6.07) is 11.7. The lowest BCUT2D eigenvalue weighted by Gasteiger charge is -2.36. The maximum Gasteiger partial charge on any atom is 0.414 e. The van der Waals surface area contributed by atoms with Gasteiger partial charge in [0.05, 0.1) is 0 Å². The van der Waals surface area contributed by atoms with Crippen LogP contribution in [0.5, 0.6) is 11.5 Å². The van der Waals surface area contributed by atoms with Gasteiger partial charge in [-0.3, -0.25) is 0 Å². The molecule has 0 aliphatic carbocycles. The van der Waals surface area contributed by atoms with Crippen LogP contribution in [0.1, 0.15) is 20.8 Å². The van der Waals surface area contributed by atoms with Crippen molar-refractivity contribution in [1.29, 1.82) is 0 Å². The van der Waals surface area contributed by atoms with Gasteiger partial charge in [0.15, 0.2) is 0 Å². The highest BCUT2D eigenvalue weighted by atomic mass is 28.4. The fourth-order valence-electron chi connectivity index (χ4n) is 1.97. The van der Waals surface area contributed by atoms with E-state index in [0.29, 0.717) is 5.75 Å². The molecule has 0 fully saturated rings. The fraction of sp³-hybridized carbons (Fsp3) is 0.421. The molecule has 0 saturated carbocycles. The third kappa shape index (κ3) is 4.09. The zero-order valence-corrected chi connectivity index (χ0v) is 16.6. The van der Waals surface area contributed by atoms with Crippen LogP contribution in [-0.2, 0) is 0 Å². The van der Waals surface area contributed by atoms with Crippen molar-refractivity contribution in [2.45, 2.75) is 38.9 Å². The van der Waals surface area contributed by atoms with E-state index >= 15 is 0 Å². The maximum atomic E-state index is 11.7. The molecule has 0 heterocycles. The summed E-state index contributed by atoms with van der Waals surface area (Å²) in [6.45, 7) is 11.1. The molecule has 2 aromatic carbocycles. The van der Waals surface area contributed by atoms with Crippen molar-refractivity contribution in [3.8, 4) is 11.5 Å². The Labute approximate surface area is 145 Å². The fourth-order valence-corrected chi connectivity index (χ4v) is 2.99. The van der Waals surface area contributed by atoms with Crippen molar-refractivity contribution in [2.75, 3.05) is 14.1 Å². The highest BCUT2D eigenvalue weighted by molar-refractivity contribution is 6.74. The van der Waals surface area contributed by atoms with Gasteiger partial charge in [-0.25, -0.2) is 4.79 Å². The standard InChI is InChI=1S/C19H27NO3Si/c1-19(2,3)24(6,7)23-17-11-9-14-8-10-16(12-15(14)13-17)22-18(21)20(4)5/h8-13H,1-7H3. The SMILES string of the molecule is CN(C)C(=O)Oc1ccc2ccc(O[Si](C)(C)C(C)(C)C)cc2c1. The number of fused-ring (bicyclic) bond motifs is 1. The van der Waals surface area contributed by atoms with E-state index in [0.717, 1.165) is 16.5 Å². The molecule has 2 rings (SSSR count). The first-order chi connectivity index (χ1) is 11.0. The minimum Gasteiger partial charge on any atom is -0.543 e. The van der Waals surface area contributed by atoms with Crippen LogP contribution < -0.4 is 9.16 Å². The van der Waals surface area contributed by atoms with Crippen molar-refractivity contribution in [3.05, 3.63) is 36.4 Å². The number of amides is 1. The van der Waals surface area contributed by atoms with Crippen LogP contribution in [0.3, 0.4) is 0 Å². The molecule has 0 aliphatic rings. The second-order valence-electron chi connectivity index (χ2n) is 7.80. The number of nitrogens with zero attached hydrogens (tertiary/aromatic N) is 1. The molecule has 24 heavy (non-hydrogen) atoms. The van der Waals surface area contributed by atoms with E-state index in [4.69, 9.17) is 9.16 Å². The Balaban J connectivity index is 2.30. The van der Waals surface area contributed by atoms with Crippen molar-refractivity contribution < 1.29 is 14.0 Å². The Hall–Kier alpha value is -2.01. The van der Waals surface area contributed by atoms with Gasteiger partial charge in [0.2, 0.25) is 8.32 Å². The number of hydrogen-bond acceptors (Lipinski definition) is 3. The van der Waals surface area contributed by atoms with Gasteiger partial charge < -0.3 is 14.1 Å². The molecule has 1 amide bonds. The van der Waals surface area contributed by atoms with E-state index in [1.54, 1.807) is 20.2 Å². The molecule has 0 aromatic heterocycles. The van der Waals surface area contributed by atoms with Crippen LogP contribution in [0, 0.1) is 0 Å². The highest BCUT2D eigenvalue weighted by Gasteiger charge is 2.38. The Morgan fingerprint density at radius 2 is 1.50 bits per heavy atom. The summed E-state index contributed by atoms with van der Waals surface area (Å²) in [4.78, 5) is 13.1. The van der Waals surface area contributed by atoms with Gasteiger partial charge in [-0.1, -0.05) is 32.9 Å². The first-order valence-corrected chi connectivity index (χ1v) is 11.0. The molecule has 0 bridgehead atoms. The van der Waals surface area contributed by atoms with E-state index in [2.05, 4.69) is 33.9 Å². The Morgan fingerprint density at radius 1 is 0.958 bits per heavy atom. The van der Waals surface area contributed by atoms with Gasteiger partial charge in [-0.05, 0) is 53.2 Å². The number of benzene rings is 2. The Kier molecular flexibility index (Phi) is 4.94. The van der Waals surface area contributed by atoms with Crippen LogP contribution in [0.4, 0.5) is 4.79 Å². The predicted molar refractivity (Wildman–Crippen MR) is 101 cm³/mol. The van der Waals surface area contributed by atoms with Gasteiger partial charge in [0, 0.05) is 14.1 Å². The zero-order chi connectivity index (χ0) is 18.1. The average molecular weight is 346 g/mol. The highest BCUT2D eigenvalue weighted by Crippen LogP contribution is 2.38. The van der Waals surface area contributed by atoms with E-state index in [1.165, 1.54) is 4.90 Å². The molecule has 0 spiro atoms. The van der Waals surface area contributed by atoms with Crippen molar-refractivity contribution in [2.24, 2.45) is 0 Å². The Morgan fingerprint density at radius 3 is 2.04 bits per heavy atom. The lowest BCUT2D eigenvalue weighted by atomic mass is 10.1. The van der Waals surface area contributed by atoms with Gasteiger partial charge >= 0.3 is 6.09 Å². The second-order valence-corrected chi connectivity index (χ2v) is 12.5. The van der Waals surface area contributed by atoms with Gasteiger partial charge in [-0.15, -0.1) is 0 Å². The summed E-state index contributed by atoms with van der Waals surface area (Å²) in [5.41, 5.74) is 0. The van der Waals surface area contributed by atoms with Crippen LogP contribution in [0.2, 0.25) is 18.1 Å². The average Bonchev–Trinajstić information content (AvgIpc) is 2.45. The normalized spacial score (nSPS) is 12.1. The smallest absolute Gasteiger partial charge is 0.414 e. The summed E-state index contributed by atoms with van der Waals surface area (Å²) in [5.74, 6) is 1.40. The number of carbonyl (C=O) groups is 1. The van der Waals surface area contributed by atoms with Gasteiger partial charge in [0.25, 0.3) is 0 Å². The topological polar surface area (TPSA) is 38.8 Å². The predicted octanol–water partition coefficient (Wildman–Crippen LogP) is 5.28. The second kappa shape index (κ2) is 6.47. The lowest BCUT2D eigenvalue weighted by Crippen LogP contribution is -2.43. The van der Waals surface area contributed by atoms with E-state index in [9.17, 15) is 4.79 Å². The summed E-state index contributed by atoms with van der Waals surface area (Å²) in [5, 5.41) is 2.22. The largest absolute Gasteiger partial charge is 0.543 e. The van der Waals surface area contributed by atoms with Crippen molar-refractivity contribution in [1.82, 2.24) is 4.90 Å². The molecular formula is C19H27NO3Si. The molecule has 5 heteroatoms. The maximum absolute atomic E-state index is 11.7. The van der Waals surface area contributed by atoms with E-state index < -0.39 is 8.32 Å². The number of rotatable bonds is 3. The summed E-state index contributed by atoms with van der Waals surface area (Å²) in [7, 11) is 1.44. The van der Waals surface area contributed by atoms with Gasteiger partial charge in [0.1, 0.15) is 11.5 Å². The third-order valence-electron chi connectivity index (χ3n) is 4.53. The van der Waals surface area contributed by atoms with Gasteiger partial charge in [-0.2, -0.15) is 0 Å².